The van der Waals surface area contributed by atoms with Crippen LogP contribution in [0.4, 0.5) is 14.5 Å². The number of halogens is 2. The summed E-state index contributed by atoms with van der Waals surface area (Å²) in [7, 11) is 0. The second-order valence-electron chi connectivity index (χ2n) is 5.42. The number of ether oxygens (including phenoxy) is 1. The molecule has 0 N–H and O–H groups in total. The third kappa shape index (κ3) is 3.00. The Morgan fingerprint density at radius 3 is 2.57 bits per heavy atom. The van der Waals surface area contributed by atoms with Crippen LogP contribution in [0.2, 0.25) is 0 Å². The average Bonchev–Trinajstić information content (AvgIpc) is 2.92. The first kappa shape index (κ1) is 15.4. The molecule has 3 rings (SSSR count). The van der Waals surface area contributed by atoms with Crippen molar-refractivity contribution in [3.63, 3.8) is 0 Å². The van der Waals surface area contributed by atoms with Gasteiger partial charge in [0.15, 0.2) is 23.6 Å². The molecule has 1 fully saturated rings. The summed E-state index contributed by atoms with van der Waals surface area (Å²) in [5.74, 6) is -0.829. The molecule has 1 saturated heterocycles. The van der Waals surface area contributed by atoms with Crippen molar-refractivity contribution in [1.29, 1.82) is 5.26 Å². The molecule has 2 heterocycles. The third-order valence-corrected chi connectivity index (χ3v) is 3.54. The summed E-state index contributed by atoms with van der Waals surface area (Å²) < 4.78 is 39.3. The molecule has 0 bridgehead atoms. The highest BCUT2D eigenvalue weighted by molar-refractivity contribution is 5.53. The summed E-state index contributed by atoms with van der Waals surface area (Å²) in [6, 6.07) is 3.76. The van der Waals surface area contributed by atoms with Gasteiger partial charge >= 0.3 is 0 Å². The van der Waals surface area contributed by atoms with Crippen molar-refractivity contribution >= 4 is 5.69 Å². The smallest absolute Gasteiger partial charge is 0.257 e. The van der Waals surface area contributed by atoms with E-state index >= 15 is 0 Å². The van der Waals surface area contributed by atoms with Gasteiger partial charge in [-0.2, -0.15) is 10.2 Å². The lowest BCUT2D eigenvalue weighted by atomic mass is 10.1. The Morgan fingerprint density at radius 2 is 2.00 bits per heavy atom. The Hall–Kier alpha value is -2.53. The van der Waals surface area contributed by atoms with E-state index < -0.39 is 17.7 Å². The van der Waals surface area contributed by atoms with Crippen molar-refractivity contribution in [2.75, 3.05) is 18.0 Å². The van der Waals surface area contributed by atoms with Crippen LogP contribution in [0.1, 0.15) is 30.3 Å². The first-order chi connectivity index (χ1) is 11.0. The fourth-order valence-electron chi connectivity index (χ4n) is 2.65. The second kappa shape index (κ2) is 5.93. The van der Waals surface area contributed by atoms with Crippen molar-refractivity contribution in [2.45, 2.75) is 26.1 Å². The van der Waals surface area contributed by atoms with Crippen LogP contribution in [-0.2, 0) is 4.74 Å². The van der Waals surface area contributed by atoms with Gasteiger partial charge in [0.25, 0.3) is 5.89 Å². The Bertz CT molecular complexity index is 748. The van der Waals surface area contributed by atoms with Crippen molar-refractivity contribution in [1.82, 2.24) is 10.1 Å². The Morgan fingerprint density at radius 1 is 1.30 bits per heavy atom. The molecule has 0 radical (unpaired) electrons. The van der Waals surface area contributed by atoms with Gasteiger partial charge < -0.3 is 14.2 Å². The molecule has 120 valence electrons. The van der Waals surface area contributed by atoms with Crippen LogP contribution in [0, 0.1) is 29.9 Å². The van der Waals surface area contributed by atoms with E-state index in [1.165, 1.54) is 4.90 Å². The van der Waals surface area contributed by atoms with E-state index in [9.17, 15) is 8.78 Å². The van der Waals surface area contributed by atoms with Gasteiger partial charge in [-0.15, -0.1) is 0 Å². The lowest BCUT2D eigenvalue weighted by molar-refractivity contribution is -0.0334. The lowest BCUT2D eigenvalue weighted by Crippen LogP contribution is -2.43. The highest BCUT2D eigenvalue weighted by Gasteiger charge is 2.32. The number of nitrogens with zero attached hydrogens (tertiary/aromatic N) is 4. The zero-order chi connectivity index (χ0) is 16.6. The Balaban J connectivity index is 1.92. The highest BCUT2D eigenvalue weighted by atomic mass is 19.1. The van der Waals surface area contributed by atoms with Gasteiger partial charge in [-0.1, -0.05) is 5.16 Å². The average molecular weight is 320 g/mol. The molecular weight excluding hydrogens is 306 g/mol. The minimum absolute atomic E-state index is 0.0610. The van der Waals surface area contributed by atoms with Crippen molar-refractivity contribution in [2.24, 2.45) is 0 Å². The fourth-order valence-corrected chi connectivity index (χ4v) is 2.65. The Labute approximate surface area is 131 Å². The zero-order valence-electron chi connectivity index (χ0n) is 12.6. The SMILES string of the molecule is Cc1noc([C@H]2CN(c3c(F)cc(C#N)cc3F)C[C@@H](C)O2)n1. The number of aryl methyl sites for hydroxylation is 1. The minimum atomic E-state index is -0.781. The largest absolute Gasteiger partial charge is 0.362 e. The summed E-state index contributed by atoms with van der Waals surface area (Å²) in [4.78, 5) is 5.64. The first-order valence-electron chi connectivity index (χ1n) is 7.07. The van der Waals surface area contributed by atoms with Gasteiger partial charge in [-0.05, 0) is 26.0 Å². The number of hydrogen-bond donors (Lipinski definition) is 0. The summed E-state index contributed by atoms with van der Waals surface area (Å²) in [5.41, 5.74) is -0.241. The van der Waals surface area contributed by atoms with Crippen molar-refractivity contribution in [3.8, 4) is 6.07 Å². The maximum atomic E-state index is 14.2. The van der Waals surface area contributed by atoms with E-state index in [0.29, 0.717) is 12.4 Å². The molecule has 8 heteroatoms. The number of nitriles is 1. The van der Waals surface area contributed by atoms with Gasteiger partial charge in [0.2, 0.25) is 0 Å². The van der Waals surface area contributed by atoms with E-state index in [-0.39, 0.29) is 29.8 Å². The van der Waals surface area contributed by atoms with E-state index in [0.717, 1.165) is 12.1 Å². The van der Waals surface area contributed by atoms with Crippen LogP contribution in [0.25, 0.3) is 0 Å². The quantitative estimate of drug-likeness (QED) is 0.846. The molecule has 0 amide bonds. The van der Waals surface area contributed by atoms with E-state index in [4.69, 9.17) is 14.5 Å². The van der Waals surface area contributed by atoms with E-state index in [1.54, 1.807) is 19.9 Å². The second-order valence-corrected chi connectivity index (χ2v) is 5.42. The van der Waals surface area contributed by atoms with E-state index in [1.807, 2.05) is 0 Å². The fraction of sp³-hybridized carbons (Fsp3) is 0.400. The predicted octanol–water partition coefficient (Wildman–Crippen LogP) is 2.49. The number of morpholine rings is 1. The van der Waals surface area contributed by atoms with Gasteiger partial charge in [0, 0.05) is 6.54 Å². The molecule has 1 aromatic heterocycles. The number of anilines is 1. The molecule has 2 atom stereocenters. The molecular formula is C15H14F2N4O2. The van der Waals surface area contributed by atoms with Gasteiger partial charge in [0.05, 0.1) is 24.3 Å². The molecule has 1 aliphatic rings. The molecule has 0 spiro atoms. The Kier molecular flexibility index (Phi) is 3.96. The van der Waals surface area contributed by atoms with Crippen molar-refractivity contribution in [3.05, 3.63) is 41.0 Å². The maximum absolute atomic E-state index is 14.2. The van der Waals surface area contributed by atoms with Crippen LogP contribution < -0.4 is 4.90 Å². The molecule has 1 aliphatic heterocycles. The topological polar surface area (TPSA) is 75.2 Å². The van der Waals surface area contributed by atoms with Crippen LogP contribution in [0.15, 0.2) is 16.7 Å². The number of hydrogen-bond acceptors (Lipinski definition) is 6. The normalized spacial score (nSPS) is 21.3. The van der Waals surface area contributed by atoms with Crippen LogP contribution in [-0.4, -0.2) is 29.3 Å². The summed E-state index contributed by atoms with van der Waals surface area (Å²) in [6.45, 7) is 3.95. The molecule has 23 heavy (non-hydrogen) atoms. The summed E-state index contributed by atoms with van der Waals surface area (Å²) in [5, 5.41) is 12.5. The maximum Gasteiger partial charge on any atom is 0.257 e. The van der Waals surface area contributed by atoms with Gasteiger partial charge in [-0.3, -0.25) is 0 Å². The number of aromatic nitrogens is 2. The highest BCUT2D eigenvalue weighted by Crippen LogP contribution is 2.31. The lowest BCUT2D eigenvalue weighted by Gasteiger charge is -2.36. The van der Waals surface area contributed by atoms with Crippen LogP contribution in [0.5, 0.6) is 0 Å². The number of rotatable bonds is 2. The van der Waals surface area contributed by atoms with Crippen LogP contribution in [0.3, 0.4) is 0 Å². The predicted molar refractivity (Wildman–Crippen MR) is 75.6 cm³/mol. The van der Waals surface area contributed by atoms with E-state index in [2.05, 4.69) is 10.1 Å². The molecule has 1 aromatic carbocycles. The molecule has 0 aliphatic carbocycles. The third-order valence-electron chi connectivity index (χ3n) is 3.54. The molecule has 6 nitrogen and oxygen atoms in total. The zero-order valence-corrected chi connectivity index (χ0v) is 12.6. The molecule has 0 unspecified atom stereocenters. The van der Waals surface area contributed by atoms with Gasteiger partial charge in [0.1, 0.15) is 5.69 Å². The van der Waals surface area contributed by atoms with Crippen molar-refractivity contribution < 1.29 is 18.0 Å². The number of benzene rings is 1. The standard InChI is InChI=1S/C15H14F2N4O2/c1-8-6-21(7-13(22-8)15-19-9(2)20-23-15)14-11(16)3-10(5-18)4-12(14)17/h3-4,8,13H,6-7H2,1-2H3/t8-,13-/m1/s1. The minimum Gasteiger partial charge on any atom is -0.362 e. The molecule has 0 saturated carbocycles. The first-order valence-corrected chi connectivity index (χ1v) is 7.07. The summed E-state index contributed by atoms with van der Waals surface area (Å²) >= 11 is 0. The molecule has 2 aromatic rings. The van der Waals surface area contributed by atoms with Crippen LogP contribution >= 0.6 is 0 Å². The summed E-state index contributed by atoms with van der Waals surface area (Å²) in [6.07, 6.45) is -0.857. The van der Waals surface area contributed by atoms with Gasteiger partial charge in [-0.25, -0.2) is 8.78 Å². The monoisotopic (exact) mass is 320 g/mol.